The van der Waals surface area contributed by atoms with Crippen LogP contribution in [0.15, 0.2) is 36.4 Å². The maximum Gasteiger partial charge on any atom is 0.316 e. The molecule has 2 aliphatic rings. The number of carbonyl (C=O) groups is 2. The van der Waals surface area contributed by atoms with E-state index in [-0.39, 0.29) is 17.9 Å². The van der Waals surface area contributed by atoms with Gasteiger partial charge in [0.2, 0.25) is 0 Å². The van der Waals surface area contributed by atoms with E-state index >= 15 is 0 Å². The minimum Gasteiger partial charge on any atom is -0.457 e. The molecule has 4 heteroatoms. The molecule has 1 aromatic rings. The molecule has 0 amide bonds. The summed E-state index contributed by atoms with van der Waals surface area (Å²) in [6, 6.07) is 7.82. The van der Waals surface area contributed by atoms with Gasteiger partial charge in [-0.3, -0.25) is 9.59 Å². The van der Waals surface area contributed by atoms with Crippen LogP contribution in [-0.2, 0) is 20.7 Å². The summed E-state index contributed by atoms with van der Waals surface area (Å²) in [5, 5.41) is 0. The Bertz CT molecular complexity index is 901. The maximum absolute atomic E-state index is 13.0. The third-order valence-corrected chi connectivity index (χ3v) is 7.29. The summed E-state index contributed by atoms with van der Waals surface area (Å²) >= 11 is 0. The first-order chi connectivity index (χ1) is 15.9. The summed E-state index contributed by atoms with van der Waals surface area (Å²) in [5.41, 5.74) is -0.353. The minimum absolute atomic E-state index is 0.112. The Morgan fingerprint density at radius 2 is 1.74 bits per heavy atom. The molecule has 3 rings (SSSR count). The van der Waals surface area contributed by atoms with Gasteiger partial charge in [-0.2, -0.15) is 0 Å². The van der Waals surface area contributed by atoms with Crippen LogP contribution in [0.5, 0.6) is 5.75 Å². The molecule has 0 aliphatic heterocycles. The van der Waals surface area contributed by atoms with Crippen molar-refractivity contribution < 1.29 is 19.1 Å². The summed E-state index contributed by atoms with van der Waals surface area (Å²) in [5.74, 6) is 1.21. The predicted octanol–water partition coefficient (Wildman–Crippen LogP) is 7.30. The highest BCUT2D eigenvalue weighted by Gasteiger charge is 2.73. The monoisotopic (exact) mass is 468 g/mol. The number of esters is 2. The number of fused-ring (bicyclic) bond motifs is 1. The molecule has 0 spiro atoms. The molecule has 0 heterocycles. The fourth-order valence-electron chi connectivity index (χ4n) is 5.19. The highest BCUT2D eigenvalue weighted by atomic mass is 16.6. The zero-order valence-electron chi connectivity index (χ0n) is 22.3. The molecule has 2 aliphatic carbocycles. The van der Waals surface area contributed by atoms with Crippen molar-refractivity contribution in [2.24, 2.45) is 28.6 Å². The second-order valence-corrected chi connectivity index (χ2v) is 12.3. The van der Waals surface area contributed by atoms with Crippen LogP contribution in [0.3, 0.4) is 0 Å². The Balaban J connectivity index is 1.77. The molecule has 0 saturated heterocycles. The van der Waals surface area contributed by atoms with Gasteiger partial charge < -0.3 is 9.47 Å². The molecular formula is C30H44O4. The fourth-order valence-corrected chi connectivity index (χ4v) is 5.19. The average molecular weight is 469 g/mol. The number of hydrogen-bond acceptors (Lipinski definition) is 4. The van der Waals surface area contributed by atoms with Gasteiger partial charge in [0, 0.05) is 17.8 Å². The van der Waals surface area contributed by atoms with Crippen molar-refractivity contribution in [3.8, 4) is 5.75 Å². The van der Waals surface area contributed by atoms with Crippen LogP contribution in [0.25, 0.3) is 0 Å². The lowest BCUT2D eigenvalue weighted by Gasteiger charge is -2.29. The van der Waals surface area contributed by atoms with Gasteiger partial charge in [0.05, 0.1) is 10.8 Å². The van der Waals surface area contributed by atoms with Crippen molar-refractivity contribution in [1.82, 2.24) is 0 Å². The Labute approximate surface area is 206 Å². The first-order valence-corrected chi connectivity index (χ1v) is 13.1. The number of benzene rings is 1. The quantitative estimate of drug-likeness (QED) is 0.165. The van der Waals surface area contributed by atoms with Crippen molar-refractivity contribution in [2.75, 3.05) is 0 Å². The first kappa shape index (κ1) is 26.5. The Morgan fingerprint density at radius 1 is 1.03 bits per heavy atom. The summed E-state index contributed by atoms with van der Waals surface area (Å²) in [6.45, 7) is 13.6. The van der Waals surface area contributed by atoms with E-state index < -0.39 is 16.4 Å². The van der Waals surface area contributed by atoms with Crippen molar-refractivity contribution in [1.29, 1.82) is 0 Å². The van der Waals surface area contributed by atoms with Crippen LogP contribution < -0.4 is 4.74 Å². The second-order valence-electron chi connectivity index (χ2n) is 12.3. The van der Waals surface area contributed by atoms with E-state index in [9.17, 15) is 9.59 Å². The summed E-state index contributed by atoms with van der Waals surface area (Å²) in [7, 11) is 0. The molecule has 4 nitrogen and oxygen atoms in total. The molecular weight excluding hydrogens is 424 g/mol. The van der Waals surface area contributed by atoms with Gasteiger partial charge in [-0.1, -0.05) is 44.1 Å². The van der Waals surface area contributed by atoms with Crippen molar-refractivity contribution in [3.63, 3.8) is 0 Å². The highest BCUT2D eigenvalue weighted by Crippen LogP contribution is 2.67. The van der Waals surface area contributed by atoms with Gasteiger partial charge >= 0.3 is 11.9 Å². The van der Waals surface area contributed by atoms with Gasteiger partial charge in [-0.25, -0.2) is 0 Å². The van der Waals surface area contributed by atoms with E-state index in [2.05, 4.69) is 25.1 Å². The number of carbonyl (C=O) groups excluding carboxylic acids is 2. The average Bonchev–Trinajstić information content (AvgIpc) is 3.20. The molecule has 0 bridgehead atoms. The number of hydrogen-bond donors (Lipinski definition) is 0. The minimum atomic E-state index is -0.551. The topological polar surface area (TPSA) is 52.6 Å². The molecule has 4 atom stereocenters. The van der Waals surface area contributed by atoms with Crippen LogP contribution in [-0.4, -0.2) is 17.5 Å². The Morgan fingerprint density at radius 3 is 2.38 bits per heavy atom. The lowest BCUT2D eigenvalue weighted by atomic mass is 9.89. The predicted molar refractivity (Wildman–Crippen MR) is 136 cm³/mol. The first-order valence-electron chi connectivity index (χ1n) is 13.1. The lowest BCUT2D eigenvalue weighted by Crippen LogP contribution is -2.36. The molecule has 0 aromatic heterocycles. The number of ether oxygens (including phenoxy) is 2. The molecule has 2 fully saturated rings. The standard InChI is InChI=1S/C30H44O4/c1-8-9-10-11-12-16-24-25-18-17-22(30(24,25)34-27(32)29(5,6)7)19-21-14-13-15-23(20-21)33-26(31)28(2,3)4/h12-16,20,22,24-25H,8-11,17-19H2,1-7H3/t22?,24?,25-,30-/m0/s1. The normalized spacial score (nSPS) is 26.4. The van der Waals surface area contributed by atoms with E-state index in [1.54, 1.807) is 0 Å². The third kappa shape index (κ3) is 5.93. The number of allylic oxidation sites excluding steroid dienone is 1. The van der Waals surface area contributed by atoms with Gasteiger partial charge in [-0.15, -0.1) is 0 Å². The van der Waals surface area contributed by atoms with E-state index in [0.29, 0.717) is 17.6 Å². The van der Waals surface area contributed by atoms with Crippen LogP contribution >= 0.6 is 0 Å². The van der Waals surface area contributed by atoms with Crippen LogP contribution in [0.1, 0.15) is 92.6 Å². The Hall–Kier alpha value is -2.10. The largest absolute Gasteiger partial charge is 0.457 e. The van der Waals surface area contributed by atoms with E-state index in [0.717, 1.165) is 31.2 Å². The molecule has 188 valence electrons. The third-order valence-electron chi connectivity index (χ3n) is 7.29. The van der Waals surface area contributed by atoms with Gasteiger partial charge in [-0.05, 0) is 91.3 Å². The summed E-state index contributed by atoms with van der Waals surface area (Å²) < 4.78 is 12.0. The molecule has 34 heavy (non-hydrogen) atoms. The molecule has 2 unspecified atom stereocenters. The fraction of sp³-hybridized carbons (Fsp3) is 0.667. The van der Waals surface area contributed by atoms with Crippen molar-refractivity contribution >= 4 is 11.9 Å². The van der Waals surface area contributed by atoms with Gasteiger partial charge in [0.1, 0.15) is 11.4 Å². The second kappa shape index (κ2) is 10.3. The SMILES string of the molecule is CCCCCC=CC1[C@@H]2CCC(Cc3cccc(OC(=O)C(C)(C)C)c3)[C@]12OC(=O)C(C)(C)C. The van der Waals surface area contributed by atoms with E-state index in [1.165, 1.54) is 19.3 Å². The van der Waals surface area contributed by atoms with Gasteiger partial charge in [0.15, 0.2) is 0 Å². The highest BCUT2D eigenvalue weighted by molar-refractivity contribution is 5.78. The van der Waals surface area contributed by atoms with Crippen LogP contribution in [0, 0.1) is 28.6 Å². The Kier molecular flexibility index (Phi) is 7.99. The lowest BCUT2D eigenvalue weighted by molar-refractivity contribution is -0.165. The van der Waals surface area contributed by atoms with E-state index in [4.69, 9.17) is 9.47 Å². The number of unbranched alkanes of at least 4 members (excludes halogenated alkanes) is 3. The summed E-state index contributed by atoms with van der Waals surface area (Å²) in [6.07, 6.45) is 12.3. The smallest absolute Gasteiger partial charge is 0.316 e. The molecule has 0 N–H and O–H groups in total. The maximum atomic E-state index is 13.0. The van der Waals surface area contributed by atoms with Crippen molar-refractivity contribution in [2.45, 2.75) is 99.0 Å². The summed E-state index contributed by atoms with van der Waals surface area (Å²) in [4.78, 5) is 25.3. The zero-order valence-corrected chi connectivity index (χ0v) is 22.3. The zero-order chi connectivity index (χ0) is 25.1. The molecule has 0 radical (unpaired) electrons. The van der Waals surface area contributed by atoms with Crippen molar-refractivity contribution in [3.05, 3.63) is 42.0 Å². The van der Waals surface area contributed by atoms with Gasteiger partial charge in [0.25, 0.3) is 0 Å². The van der Waals surface area contributed by atoms with Crippen LogP contribution in [0.2, 0.25) is 0 Å². The molecule has 1 aromatic carbocycles. The van der Waals surface area contributed by atoms with Crippen LogP contribution in [0.4, 0.5) is 0 Å². The molecule has 2 saturated carbocycles. The van der Waals surface area contributed by atoms with E-state index in [1.807, 2.05) is 59.7 Å². The number of rotatable bonds is 9.